The van der Waals surface area contributed by atoms with E-state index in [0.29, 0.717) is 5.82 Å². The zero-order chi connectivity index (χ0) is 9.68. The van der Waals surface area contributed by atoms with Crippen molar-refractivity contribution in [1.82, 2.24) is 9.97 Å². The lowest BCUT2D eigenvalue weighted by atomic mass is 10.2. The van der Waals surface area contributed by atoms with Crippen LogP contribution in [0.1, 0.15) is 31.3 Å². The molecule has 1 aromatic heterocycles. The summed E-state index contributed by atoms with van der Waals surface area (Å²) in [5, 5.41) is 8.78. The molecule has 0 radical (unpaired) electrons. The number of aryl methyl sites for hydroxylation is 1. The third kappa shape index (κ3) is 2.99. The average molecular weight is 182 g/mol. The lowest BCUT2D eigenvalue weighted by Gasteiger charge is -2.00. The Morgan fingerprint density at radius 2 is 2.38 bits per heavy atom. The van der Waals surface area contributed by atoms with Gasteiger partial charge in [0.2, 0.25) is 0 Å². The molecule has 4 heteroatoms. The molecule has 0 spiro atoms. The van der Waals surface area contributed by atoms with Crippen molar-refractivity contribution in [3.8, 4) is 0 Å². The lowest BCUT2D eigenvalue weighted by Crippen LogP contribution is -2.12. The van der Waals surface area contributed by atoms with Gasteiger partial charge in [0.1, 0.15) is 12.4 Å². The highest BCUT2D eigenvalue weighted by Gasteiger charge is 1.99. The van der Waals surface area contributed by atoms with Crippen LogP contribution < -0.4 is 5.56 Å². The fourth-order valence-corrected chi connectivity index (χ4v) is 1.12. The number of aromatic nitrogens is 2. The summed E-state index contributed by atoms with van der Waals surface area (Å²) >= 11 is 0. The first-order valence-electron chi connectivity index (χ1n) is 4.46. The predicted molar refractivity (Wildman–Crippen MR) is 49.4 cm³/mol. The van der Waals surface area contributed by atoms with E-state index in [9.17, 15) is 4.79 Å². The Balaban J connectivity index is 2.82. The normalized spacial score (nSPS) is 10.3. The second kappa shape index (κ2) is 4.77. The number of rotatable bonds is 4. The molecule has 0 amide bonds. The molecular weight excluding hydrogens is 168 g/mol. The van der Waals surface area contributed by atoms with Gasteiger partial charge in [-0.3, -0.25) is 4.79 Å². The van der Waals surface area contributed by atoms with Crippen molar-refractivity contribution >= 4 is 0 Å². The van der Waals surface area contributed by atoms with E-state index >= 15 is 0 Å². The highest BCUT2D eigenvalue weighted by molar-refractivity contribution is 5.02. The minimum Gasteiger partial charge on any atom is -0.388 e. The number of aromatic amines is 1. The minimum absolute atomic E-state index is 0.190. The summed E-state index contributed by atoms with van der Waals surface area (Å²) in [7, 11) is 0. The maximum Gasteiger partial charge on any atom is 0.251 e. The highest BCUT2D eigenvalue weighted by atomic mass is 16.3. The Hall–Kier alpha value is -1.16. The number of hydrogen-bond donors (Lipinski definition) is 2. The molecular formula is C9H14N2O2. The summed E-state index contributed by atoms with van der Waals surface area (Å²) in [5.74, 6) is 0.346. The van der Waals surface area contributed by atoms with E-state index in [2.05, 4.69) is 16.9 Å². The van der Waals surface area contributed by atoms with E-state index in [1.54, 1.807) is 0 Å². The van der Waals surface area contributed by atoms with Gasteiger partial charge in [-0.2, -0.15) is 0 Å². The molecule has 1 aromatic rings. The zero-order valence-electron chi connectivity index (χ0n) is 7.71. The van der Waals surface area contributed by atoms with E-state index in [1.807, 2.05) is 0 Å². The fourth-order valence-electron chi connectivity index (χ4n) is 1.12. The highest BCUT2D eigenvalue weighted by Crippen LogP contribution is 1.99. The molecule has 1 heterocycles. The van der Waals surface area contributed by atoms with Crippen LogP contribution in [0.2, 0.25) is 0 Å². The first-order chi connectivity index (χ1) is 6.26. The van der Waals surface area contributed by atoms with Crippen molar-refractivity contribution in [2.24, 2.45) is 0 Å². The first-order valence-corrected chi connectivity index (χ1v) is 4.46. The summed E-state index contributed by atoms with van der Waals surface area (Å²) in [4.78, 5) is 17.6. The van der Waals surface area contributed by atoms with Gasteiger partial charge >= 0.3 is 0 Å². The molecule has 2 N–H and O–H groups in total. The molecule has 0 aliphatic rings. The number of hydrogen-bond acceptors (Lipinski definition) is 3. The molecule has 0 unspecified atom stereocenters. The van der Waals surface area contributed by atoms with Crippen LogP contribution in [0.15, 0.2) is 10.9 Å². The van der Waals surface area contributed by atoms with Gasteiger partial charge in [0, 0.05) is 11.8 Å². The van der Waals surface area contributed by atoms with E-state index < -0.39 is 0 Å². The molecule has 0 fully saturated rings. The molecule has 0 bridgehead atoms. The average Bonchev–Trinajstić information content (AvgIpc) is 2.14. The third-order valence-corrected chi connectivity index (χ3v) is 1.78. The first kappa shape index (κ1) is 9.92. The van der Waals surface area contributed by atoms with Crippen molar-refractivity contribution in [2.45, 2.75) is 32.8 Å². The van der Waals surface area contributed by atoms with Gasteiger partial charge in [0.05, 0.1) is 0 Å². The van der Waals surface area contributed by atoms with Crippen LogP contribution in [-0.4, -0.2) is 15.1 Å². The smallest absolute Gasteiger partial charge is 0.251 e. The van der Waals surface area contributed by atoms with Gasteiger partial charge in [-0.05, 0) is 12.8 Å². The fraction of sp³-hybridized carbons (Fsp3) is 0.556. The van der Waals surface area contributed by atoms with Gasteiger partial charge < -0.3 is 10.1 Å². The van der Waals surface area contributed by atoms with Crippen LogP contribution in [0.3, 0.4) is 0 Å². The summed E-state index contributed by atoms with van der Waals surface area (Å²) in [6, 6.07) is 1.48. The molecule has 4 nitrogen and oxygen atoms in total. The molecule has 0 saturated heterocycles. The maximum atomic E-state index is 11.0. The summed E-state index contributed by atoms with van der Waals surface area (Å²) in [5.41, 5.74) is 0.569. The monoisotopic (exact) mass is 182 g/mol. The van der Waals surface area contributed by atoms with E-state index in [0.717, 1.165) is 25.0 Å². The van der Waals surface area contributed by atoms with Crippen molar-refractivity contribution in [1.29, 1.82) is 0 Å². The molecule has 1 rings (SSSR count). The van der Waals surface area contributed by atoms with Crippen molar-refractivity contribution < 1.29 is 5.11 Å². The molecule has 72 valence electrons. The van der Waals surface area contributed by atoms with Gasteiger partial charge in [0.25, 0.3) is 5.56 Å². The predicted octanol–water partition coefficient (Wildman–Crippen LogP) is 0.605. The number of nitrogens with one attached hydrogen (secondary N) is 1. The molecule has 0 aliphatic carbocycles. The van der Waals surface area contributed by atoms with Crippen LogP contribution in [0.5, 0.6) is 0 Å². The Bertz CT molecular complexity index is 320. The van der Waals surface area contributed by atoms with Gasteiger partial charge in [-0.25, -0.2) is 4.98 Å². The van der Waals surface area contributed by atoms with E-state index in [-0.39, 0.29) is 12.2 Å². The second-order valence-corrected chi connectivity index (χ2v) is 2.95. The van der Waals surface area contributed by atoms with Crippen LogP contribution >= 0.6 is 0 Å². The summed E-state index contributed by atoms with van der Waals surface area (Å²) < 4.78 is 0. The second-order valence-electron chi connectivity index (χ2n) is 2.95. The number of aliphatic hydroxyl groups is 1. The Morgan fingerprint density at radius 3 is 3.00 bits per heavy atom. The molecule has 0 atom stereocenters. The third-order valence-electron chi connectivity index (χ3n) is 1.78. The summed E-state index contributed by atoms with van der Waals surface area (Å²) in [6.45, 7) is 1.87. The zero-order valence-corrected chi connectivity index (χ0v) is 7.71. The Morgan fingerprint density at radius 1 is 1.62 bits per heavy atom. The molecule has 0 saturated carbocycles. The number of nitrogens with zero attached hydrogens (tertiary/aromatic N) is 1. The largest absolute Gasteiger partial charge is 0.388 e. The Labute approximate surface area is 76.7 Å². The number of H-pyrrole nitrogens is 1. The number of aliphatic hydroxyl groups excluding tert-OH is 1. The quantitative estimate of drug-likeness (QED) is 0.716. The van der Waals surface area contributed by atoms with Crippen molar-refractivity contribution in [3.63, 3.8) is 0 Å². The minimum atomic E-state index is -0.213. The van der Waals surface area contributed by atoms with Crippen LogP contribution in [0.25, 0.3) is 0 Å². The molecule has 13 heavy (non-hydrogen) atoms. The van der Waals surface area contributed by atoms with Crippen molar-refractivity contribution in [3.05, 3.63) is 27.9 Å². The van der Waals surface area contributed by atoms with Gasteiger partial charge in [0.15, 0.2) is 0 Å². The summed E-state index contributed by atoms with van der Waals surface area (Å²) in [6.07, 6.45) is 2.89. The maximum absolute atomic E-state index is 11.0. The van der Waals surface area contributed by atoms with Gasteiger partial charge in [-0.15, -0.1) is 0 Å². The Kier molecular flexibility index (Phi) is 3.64. The van der Waals surface area contributed by atoms with Crippen molar-refractivity contribution in [2.75, 3.05) is 0 Å². The van der Waals surface area contributed by atoms with Crippen LogP contribution in [-0.2, 0) is 13.0 Å². The molecule has 0 aromatic carbocycles. The van der Waals surface area contributed by atoms with Gasteiger partial charge in [-0.1, -0.05) is 13.3 Å². The van der Waals surface area contributed by atoms with Crippen LogP contribution in [0, 0.1) is 0 Å². The van der Waals surface area contributed by atoms with E-state index in [4.69, 9.17) is 5.11 Å². The number of unbranched alkanes of at least 4 members (excludes halogenated alkanes) is 1. The lowest BCUT2D eigenvalue weighted by molar-refractivity contribution is 0.270. The SMILES string of the molecule is CCCCc1cc(=O)[nH]c(CO)n1. The molecule has 0 aliphatic heterocycles. The standard InChI is InChI=1S/C9H14N2O2/c1-2-3-4-7-5-9(13)11-8(6-12)10-7/h5,12H,2-4,6H2,1H3,(H,10,11,13). The van der Waals surface area contributed by atoms with Crippen LogP contribution in [0.4, 0.5) is 0 Å². The van der Waals surface area contributed by atoms with E-state index in [1.165, 1.54) is 6.07 Å². The topological polar surface area (TPSA) is 66.0 Å².